The van der Waals surface area contributed by atoms with Crippen molar-refractivity contribution in [3.63, 3.8) is 0 Å². The van der Waals surface area contributed by atoms with E-state index in [-0.39, 0.29) is 6.10 Å². The first kappa shape index (κ1) is 23.2. The second-order valence-electron chi connectivity index (χ2n) is 9.04. The number of hydrogen-bond donors (Lipinski definition) is 2. The molecule has 0 radical (unpaired) electrons. The van der Waals surface area contributed by atoms with Crippen LogP contribution in [0.15, 0.2) is 24.4 Å². The Morgan fingerprint density at radius 2 is 2.06 bits per heavy atom. The molecule has 5 rings (SSSR count). The zero-order valence-electron chi connectivity index (χ0n) is 20.5. The Hall–Kier alpha value is -3.57. The van der Waals surface area contributed by atoms with Crippen LogP contribution in [0.4, 0.5) is 0 Å². The fourth-order valence-corrected chi connectivity index (χ4v) is 4.69. The van der Waals surface area contributed by atoms with Gasteiger partial charge in [0.25, 0.3) is 0 Å². The average Bonchev–Trinajstić information content (AvgIpc) is 3.57. The number of aryl methyl sites for hydroxylation is 2. The number of morpholine rings is 1. The molecule has 0 saturated carbocycles. The number of carbonyl (C=O) groups excluding carboxylic acids is 1. The number of aromatic amines is 1. The predicted octanol–water partition coefficient (Wildman–Crippen LogP) is 2.22. The molecule has 1 saturated heterocycles. The van der Waals surface area contributed by atoms with Crippen molar-refractivity contribution in [3.05, 3.63) is 35.7 Å². The van der Waals surface area contributed by atoms with E-state index in [0.29, 0.717) is 36.3 Å². The van der Waals surface area contributed by atoms with E-state index in [1.807, 2.05) is 35.5 Å². The number of nitrogens with zero attached hydrogens (tertiary/aromatic N) is 7. The third-order valence-corrected chi connectivity index (χ3v) is 6.83. The molecule has 11 heteroatoms. The number of ether oxygens (including phenoxy) is 1. The molecule has 35 heavy (non-hydrogen) atoms. The van der Waals surface area contributed by atoms with Crippen LogP contribution in [0.5, 0.6) is 0 Å². The van der Waals surface area contributed by atoms with Gasteiger partial charge < -0.3 is 10.5 Å². The lowest BCUT2D eigenvalue weighted by Gasteiger charge is -2.37. The molecule has 3 aromatic heterocycles. The number of aromatic nitrogens is 7. The van der Waals surface area contributed by atoms with Crippen LogP contribution in [0.25, 0.3) is 33.8 Å². The van der Waals surface area contributed by atoms with E-state index in [1.54, 1.807) is 12.1 Å². The first-order chi connectivity index (χ1) is 16.9. The largest absolute Gasteiger partial charge is 0.376 e. The van der Waals surface area contributed by atoms with Gasteiger partial charge in [-0.1, -0.05) is 0 Å². The summed E-state index contributed by atoms with van der Waals surface area (Å²) >= 11 is 0. The number of amides is 1. The van der Waals surface area contributed by atoms with Gasteiger partial charge in [-0.05, 0) is 45.9 Å². The molecule has 1 amide bonds. The summed E-state index contributed by atoms with van der Waals surface area (Å²) in [7, 11) is 0. The highest BCUT2D eigenvalue weighted by molar-refractivity contribution is 6.02. The van der Waals surface area contributed by atoms with E-state index >= 15 is 0 Å². The van der Waals surface area contributed by atoms with Gasteiger partial charge in [0.05, 0.1) is 36.7 Å². The average molecular weight is 478 g/mol. The van der Waals surface area contributed by atoms with Crippen molar-refractivity contribution in [3.8, 4) is 22.9 Å². The summed E-state index contributed by atoms with van der Waals surface area (Å²) in [5.41, 5.74) is 9.38. The number of primary amides is 1. The van der Waals surface area contributed by atoms with Crippen molar-refractivity contribution in [1.29, 1.82) is 0 Å². The topological polar surface area (TPSA) is 133 Å². The first-order valence-corrected chi connectivity index (χ1v) is 12.0. The maximum Gasteiger partial charge on any atom is 0.248 e. The number of H-pyrrole nitrogens is 1. The third-order valence-electron chi connectivity index (χ3n) is 6.83. The highest BCUT2D eigenvalue weighted by Crippen LogP contribution is 2.30. The maximum atomic E-state index is 12.2. The molecular weight excluding hydrogens is 446 g/mol. The monoisotopic (exact) mass is 477 g/mol. The summed E-state index contributed by atoms with van der Waals surface area (Å²) in [5, 5.41) is 17.5. The molecule has 0 bridgehead atoms. The summed E-state index contributed by atoms with van der Waals surface area (Å²) < 4.78 is 9.53. The minimum atomic E-state index is -0.504. The molecule has 4 aromatic rings. The summed E-state index contributed by atoms with van der Waals surface area (Å²) in [4.78, 5) is 19.3. The van der Waals surface area contributed by atoms with Crippen molar-refractivity contribution >= 4 is 16.8 Å². The van der Waals surface area contributed by atoms with Gasteiger partial charge in [0.2, 0.25) is 5.91 Å². The molecule has 1 fully saturated rings. The SMILES string of the molecule is CCn1nc(C)cc1-c1n[nH]c(-c2cc(C(N)=O)cc3c2cnn3CCN2CCO[C@@H](C)[C@H]2C)n1. The fraction of sp³-hybridized carbons (Fsp3) is 0.458. The van der Waals surface area contributed by atoms with Crippen LogP contribution in [-0.4, -0.2) is 77.4 Å². The number of carbonyl (C=O) groups is 1. The Balaban J connectivity index is 1.50. The number of nitrogens with two attached hydrogens (primary N) is 1. The first-order valence-electron chi connectivity index (χ1n) is 12.0. The van der Waals surface area contributed by atoms with Crippen molar-refractivity contribution in [2.75, 3.05) is 19.7 Å². The molecule has 184 valence electrons. The lowest BCUT2D eigenvalue weighted by atomic mass is 10.0. The molecule has 0 unspecified atom stereocenters. The number of hydrogen-bond acceptors (Lipinski definition) is 7. The van der Waals surface area contributed by atoms with E-state index < -0.39 is 5.91 Å². The molecule has 11 nitrogen and oxygen atoms in total. The number of rotatable bonds is 7. The smallest absolute Gasteiger partial charge is 0.248 e. The molecular formula is C24H31N9O2. The quantitative estimate of drug-likeness (QED) is 0.417. The lowest BCUT2D eigenvalue weighted by Crippen LogP contribution is -2.49. The van der Waals surface area contributed by atoms with Gasteiger partial charge in [0.1, 0.15) is 5.69 Å². The minimum Gasteiger partial charge on any atom is -0.376 e. The van der Waals surface area contributed by atoms with Gasteiger partial charge >= 0.3 is 0 Å². The predicted molar refractivity (Wildman–Crippen MR) is 132 cm³/mol. The van der Waals surface area contributed by atoms with Crippen LogP contribution in [-0.2, 0) is 17.8 Å². The summed E-state index contributed by atoms with van der Waals surface area (Å²) in [6, 6.07) is 5.83. The van der Waals surface area contributed by atoms with Crippen LogP contribution in [0, 0.1) is 6.92 Å². The maximum absolute atomic E-state index is 12.2. The second kappa shape index (κ2) is 9.23. The van der Waals surface area contributed by atoms with Crippen molar-refractivity contribution in [1.82, 2.24) is 39.6 Å². The minimum absolute atomic E-state index is 0.194. The normalized spacial score (nSPS) is 19.0. The molecule has 1 aliphatic rings. The Bertz CT molecular complexity index is 1370. The zero-order chi connectivity index (χ0) is 24.7. The zero-order valence-corrected chi connectivity index (χ0v) is 20.5. The Morgan fingerprint density at radius 3 is 2.83 bits per heavy atom. The molecule has 2 atom stereocenters. The Kier molecular flexibility index (Phi) is 6.12. The number of benzene rings is 1. The second-order valence-corrected chi connectivity index (χ2v) is 9.04. The van der Waals surface area contributed by atoms with Gasteiger partial charge in [0.15, 0.2) is 11.6 Å². The van der Waals surface area contributed by atoms with Gasteiger partial charge in [-0.15, -0.1) is 0 Å². The number of fused-ring (bicyclic) bond motifs is 1. The summed E-state index contributed by atoms with van der Waals surface area (Å²) in [6.45, 7) is 12.1. The summed E-state index contributed by atoms with van der Waals surface area (Å²) in [6.07, 6.45) is 2.00. The highest BCUT2D eigenvalue weighted by atomic mass is 16.5. The number of nitrogens with one attached hydrogen (secondary N) is 1. The molecule has 4 heterocycles. The van der Waals surface area contributed by atoms with E-state index in [1.165, 1.54) is 0 Å². The van der Waals surface area contributed by atoms with Crippen LogP contribution in [0.3, 0.4) is 0 Å². The van der Waals surface area contributed by atoms with E-state index in [4.69, 9.17) is 15.5 Å². The van der Waals surface area contributed by atoms with Crippen molar-refractivity contribution in [2.45, 2.75) is 52.9 Å². The highest BCUT2D eigenvalue weighted by Gasteiger charge is 2.25. The fourth-order valence-electron chi connectivity index (χ4n) is 4.69. The van der Waals surface area contributed by atoms with Crippen molar-refractivity contribution in [2.24, 2.45) is 5.73 Å². The molecule has 0 aliphatic carbocycles. The van der Waals surface area contributed by atoms with Gasteiger partial charge in [-0.25, -0.2) is 4.98 Å². The van der Waals surface area contributed by atoms with E-state index in [0.717, 1.165) is 47.6 Å². The molecule has 3 N–H and O–H groups in total. The molecule has 0 spiro atoms. The van der Waals surface area contributed by atoms with Crippen LogP contribution >= 0.6 is 0 Å². The van der Waals surface area contributed by atoms with E-state index in [9.17, 15) is 4.79 Å². The Labute approximate surface area is 203 Å². The lowest BCUT2D eigenvalue weighted by molar-refractivity contribution is -0.0561. The third kappa shape index (κ3) is 4.32. The van der Waals surface area contributed by atoms with Gasteiger partial charge in [-0.3, -0.25) is 24.2 Å². The van der Waals surface area contributed by atoms with Crippen LogP contribution < -0.4 is 5.73 Å². The standard InChI is InChI=1S/C24H31N9O2/c1-5-32-21(10-14(2)30-32)24-27-23(28-29-24)18-11-17(22(25)34)12-20-19(18)13-26-33(20)7-6-31-8-9-35-16(4)15(31)3/h10-13,15-16H,5-9H2,1-4H3,(H2,25,34)(H,27,28,29)/t15-,16+/m1/s1. The van der Waals surface area contributed by atoms with Gasteiger partial charge in [0, 0.05) is 42.2 Å². The molecule has 1 aromatic carbocycles. The van der Waals surface area contributed by atoms with Crippen LogP contribution in [0.1, 0.15) is 36.8 Å². The van der Waals surface area contributed by atoms with Crippen LogP contribution in [0.2, 0.25) is 0 Å². The Morgan fingerprint density at radius 1 is 1.23 bits per heavy atom. The summed E-state index contributed by atoms with van der Waals surface area (Å²) in [5.74, 6) is 0.587. The van der Waals surface area contributed by atoms with E-state index in [2.05, 4.69) is 39.1 Å². The molecule has 1 aliphatic heterocycles. The van der Waals surface area contributed by atoms with Gasteiger partial charge in [-0.2, -0.15) is 15.3 Å². The van der Waals surface area contributed by atoms with Crippen molar-refractivity contribution < 1.29 is 9.53 Å².